The quantitative estimate of drug-likeness (QED) is 0.671. The molecule has 0 spiro atoms. The molecule has 2 fully saturated rings. The molecule has 3 rings (SSSR count). The molecule has 3 aliphatic carbocycles. The van der Waals surface area contributed by atoms with Crippen LogP contribution >= 0.6 is 0 Å². The van der Waals surface area contributed by atoms with E-state index in [0.29, 0.717) is 17.6 Å². The van der Waals surface area contributed by atoms with Crippen molar-refractivity contribution in [1.29, 1.82) is 0 Å². The van der Waals surface area contributed by atoms with E-state index in [0.717, 1.165) is 24.3 Å². The first-order valence-electron chi connectivity index (χ1n) is 6.29. The zero-order chi connectivity index (χ0) is 10.3. The van der Waals surface area contributed by atoms with Gasteiger partial charge in [-0.3, -0.25) is 4.79 Å². The molecular weight excluding hydrogens is 184 g/mol. The first-order valence-corrected chi connectivity index (χ1v) is 6.29. The van der Waals surface area contributed by atoms with E-state index in [2.05, 4.69) is 18.2 Å². The standard InChI is InChI=1S/C14H18O/c15-14(10-4-2-1-3-5-10)12-7-6-11-8-13(11)9-12/h6-7,9-11,13H,1-5,8H2. The van der Waals surface area contributed by atoms with Crippen LogP contribution in [0.3, 0.4) is 0 Å². The summed E-state index contributed by atoms with van der Waals surface area (Å²) in [7, 11) is 0. The number of hydrogen-bond acceptors (Lipinski definition) is 1. The van der Waals surface area contributed by atoms with Gasteiger partial charge < -0.3 is 0 Å². The second-order valence-corrected chi connectivity index (χ2v) is 5.24. The van der Waals surface area contributed by atoms with Crippen LogP contribution in [0.4, 0.5) is 0 Å². The van der Waals surface area contributed by atoms with Crippen LogP contribution in [-0.2, 0) is 4.79 Å². The van der Waals surface area contributed by atoms with E-state index in [1.54, 1.807) is 0 Å². The summed E-state index contributed by atoms with van der Waals surface area (Å²) in [4.78, 5) is 12.2. The van der Waals surface area contributed by atoms with Crippen molar-refractivity contribution >= 4 is 5.78 Å². The normalized spacial score (nSPS) is 34.5. The predicted molar refractivity (Wildman–Crippen MR) is 60.4 cm³/mol. The molecule has 0 aromatic carbocycles. The third kappa shape index (κ3) is 1.80. The van der Waals surface area contributed by atoms with Gasteiger partial charge in [0.2, 0.25) is 0 Å². The van der Waals surface area contributed by atoms with Crippen molar-refractivity contribution in [3.8, 4) is 0 Å². The Hall–Kier alpha value is -0.850. The van der Waals surface area contributed by atoms with Gasteiger partial charge in [0.1, 0.15) is 0 Å². The van der Waals surface area contributed by atoms with Crippen molar-refractivity contribution in [2.75, 3.05) is 0 Å². The highest BCUT2D eigenvalue weighted by Crippen LogP contribution is 2.45. The highest BCUT2D eigenvalue weighted by Gasteiger charge is 2.36. The van der Waals surface area contributed by atoms with Crippen LogP contribution in [0.2, 0.25) is 0 Å². The average molecular weight is 202 g/mol. The minimum atomic E-state index is 0.338. The lowest BCUT2D eigenvalue weighted by molar-refractivity contribution is -0.119. The number of ketones is 1. The van der Waals surface area contributed by atoms with E-state index in [1.807, 2.05) is 0 Å². The molecule has 0 saturated heterocycles. The Kier molecular flexibility index (Phi) is 2.27. The summed E-state index contributed by atoms with van der Waals surface area (Å²) in [5, 5.41) is 0. The van der Waals surface area contributed by atoms with Crippen LogP contribution in [0.5, 0.6) is 0 Å². The zero-order valence-electron chi connectivity index (χ0n) is 9.11. The largest absolute Gasteiger partial charge is 0.294 e. The van der Waals surface area contributed by atoms with E-state index in [9.17, 15) is 4.79 Å². The summed E-state index contributed by atoms with van der Waals surface area (Å²) in [6, 6.07) is 0. The van der Waals surface area contributed by atoms with Crippen LogP contribution in [0, 0.1) is 17.8 Å². The maximum atomic E-state index is 12.2. The molecule has 0 heterocycles. The number of carbonyl (C=O) groups is 1. The fraction of sp³-hybridized carbons (Fsp3) is 0.643. The summed E-state index contributed by atoms with van der Waals surface area (Å²) in [5.74, 6) is 2.24. The van der Waals surface area contributed by atoms with Gasteiger partial charge in [-0.1, -0.05) is 37.5 Å². The van der Waals surface area contributed by atoms with Gasteiger partial charge in [0.05, 0.1) is 0 Å². The molecule has 0 radical (unpaired) electrons. The van der Waals surface area contributed by atoms with Gasteiger partial charge in [-0.05, 0) is 31.1 Å². The summed E-state index contributed by atoms with van der Waals surface area (Å²) < 4.78 is 0. The van der Waals surface area contributed by atoms with Crippen molar-refractivity contribution in [3.05, 3.63) is 23.8 Å². The molecule has 2 unspecified atom stereocenters. The average Bonchev–Trinajstić information content (AvgIpc) is 3.07. The van der Waals surface area contributed by atoms with Crippen LogP contribution in [-0.4, -0.2) is 5.78 Å². The maximum Gasteiger partial charge on any atom is 0.165 e. The van der Waals surface area contributed by atoms with Gasteiger partial charge in [-0.25, -0.2) is 0 Å². The fourth-order valence-electron chi connectivity index (χ4n) is 2.93. The van der Waals surface area contributed by atoms with E-state index >= 15 is 0 Å². The zero-order valence-corrected chi connectivity index (χ0v) is 9.11. The van der Waals surface area contributed by atoms with Crippen LogP contribution in [0.1, 0.15) is 38.5 Å². The number of carbonyl (C=O) groups excluding carboxylic acids is 1. The molecule has 15 heavy (non-hydrogen) atoms. The Morgan fingerprint density at radius 2 is 1.93 bits per heavy atom. The Morgan fingerprint density at radius 3 is 2.67 bits per heavy atom. The van der Waals surface area contributed by atoms with Gasteiger partial charge in [-0.15, -0.1) is 0 Å². The number of fused-ring (bicyclic) bond motifs is 1. The van der Waals surface area contributed by atoms with E-state index < -0.39 is 0 Å². The Bertz CT molecular complexity index is 331. The lowest BCUT2D eigenvalue weighted by Gasteiger charge is -2.21. The van der Waals surface area contributed by atoms with E-state index in [4.69, 9.17) is 0 Å². The molecule has 80 valence electrons. The molecule has 0 amide bonds. The van der Waals surface area contributed by atoms with Crippen molar-refractivity contribution in [2.24, 2.45) is 17.8 Å². The van der Waals surface area contributed by atoms with Crippen molar-refractivity contribution in [2.45, 2.75) is 38.5 Å². The van der Waals surface area contributed by atoms with Gasteiger partial charge in [0, 0.05) is 11.5 Å². The Morgan fingerprint density at radius 1 is 1.13 bits per heavy atom. The van der Waals surface area contributed by atoms with Crippen molar-refractivity contribution in [3.63, 3.8) is 0 Å². The number of hydrogen-bond donors (Lipinski definition) is 0. The van der Waals surface area contributed by atoms with Gasteiger partial charge in [-0.2, -0.15) is 0 Å². The molecule has 2 saturated carbocycles. The molecular formula is C14H18O. The molecule has 0 N–H and O–H groups in total. The van der Waals surface area contributed by atoms with Crippen LogP contribution < -0.4 is 0 Å². The monoisotopic (exact) mass is 202 g/mol. The third-order valence-electron chi connectivity index (χ3n) is 4.07. The molecule has 0 bridgehead atoms. The predicted octanol–water partition coefficient (Wildman–Crippen LogP) is 3.27. The second kappa shape index (κ2) is 3.62. The van der Waals surface area contributed by atoms with E-state index in [-0.39, 0.29) is 0 Å². The number of rotatable bonds is 2. The van der Waals surface area contributed by atoms with Crippen LogP contribution in [0.25, 0.3) is 0 Å². The lowest BCUT2D eigenvalue weighted by Crippen LogP contribution is -2.19. The molecule has 2 atom stereocenters. The summed E-state index contributed by atoms with van der Waals surface area (Å²) in [5.41, 5.74) is 1.01. The summed E-state index contributed by atoms with van der Waals surface area (Å²) >= 11 is 0. The lowest BCUT2D eigenvalue weighted by atomic mass is 9.83. The second-order valence-electron chi connectivity index (χ2n) is 5.24. The minimum absolute atomic E-state index is 0.338. The molecule has 0 aromatic rings. The van der Waals surface area contributed by atoms with Crippen LogP contribution in [0.15, 0.2) is 23.8 Å². The third-order valence-corrected chi connectivity index (χ3v) is 4.07. The SMILES string of the molecule is O=C(C1=CC2CC2C=C1)C1CCCCC1. The molecule has 0 aromatic heterocycles. The highest BCUT2D eigenvalue weighted by molar-refractivity contribution is 6.00. The molecule has 1 heteroatoms. The molecule has 3 aliphatic rings. The first kappa shape index (κ1) is 9.38. The topological polar surface area (TPSA) is 17.1 Å². The highest BCUT2D eigenvalue weighted by atomic mass is 16.1. The van der Waals surface area contributed by atoms with Crippen molar-refractivity contribution < 1.29 is 4.79 Å². The summed E-state index contributed by atoms with van der Waals surface area (Å²) in [6.45, 7) is 0. The van der Waals surface area contributed by atoms with E-state index in [1.165, 1.54) is 25.7 Å². The van der Waals surface area contributed by atoms with Gasteiger partial charge in [0.25, 0.3) is 0 Å². The Labute approximate surface area is 91.2 Å². The smallest absolute Gasteiger partial charge is 0.165 e. The first-order chi connectivity index (χ1) is 7.34. The van der Waals surface area contributed by atoms with Crippen molar-refractivity contribution in [1.82, 2.24) is 0 Å². The fourth-order valence-corrected chi connectivity index (χ4v) is 2.93. The number of Topliss-reactive ketones (excluding diaryl/α,β-unsaturated/α-hetero) is 1. The number of allylic oxidation sites excluding steroid dienone is 4. The summed E-state index contributed by atoms with van der Waals surface area (Å²) in [6.07, 6.45) is 13.9. The maximum absolute atomic E-state index is 12.2. The van der Waals surface area contributed by atoms with Gasteiger partial charge >= 0.3 is 0 Å². The minimum Gasteiger partial charge on any atom is -0.294 e. The molecule has 1 nitrogen and oxygen atoms in total. The Balaban J connectivity index is 1.70. The van der Waals surface area contributed by atoms with Gasteiger partial charge in [0.15, 0.2) is 5.78 Å². The molecule has 0 aliphatic heterocycles.